The number of methoxy groups -OCH3 is 1. The van der Waals surface area contributed by atoms with Gasteiger partial charge in [-0.15, -0.1) is 0 Å². The van der Waals surface area contributed by atoms with Gasteiger partial charge in [0, 0.05) is 38.2 Å². The van der Waals surface area contributed by atoms with E-state index in [-0.39, 0.29) is 47.8 Å². The second kappa shape index (κ2) is 19.5. The quantitative estimate of drug-likeness (QED) is 0.135. The maximum Gasteiger partial charge on any atom is 0.316 e. The number of carbonyl (C=O) groups is 1. The molecule has 0 radical (unpaired) electrons. The van der Waals surface area contributed by atoms with E-state index in [1.54, 1.807) is 7.11 Å². The lowest BCUT2D eigenvalue weighted by Crippen LogP contribution is -2.64. The predicted molar refractivity (Wildman–Crippen MR) is 251 cm³/mol. The molecule has 0 aromatic rings. The molecule has 0 amide bonds. The van der Waals surface area contributed by atoms with Crippen LogP contribution < -0.4 is 0 Å². The van der Waals surface area contributed by atoms with Crippen LogP contribution in [-0.4, -0.2) is 114 Å². The molecule has 3 saturated heterocycles. The topological polar surface area (TPSA) is 120 Å². The molecule has 0 unspecified atom stereocenters. The van der Waals surface area contributed by atoms with Gasteiger partial charge in [-0.05, 0) is 93.7 Å². The molecule has 11 nitrogen and oxygen atoms in total. The van der Waals surface area contributed by atoms with Gasteiger partial charge >= 0.3 is 5.97 Å². The van der Waals surface area contributed by atoms with E-state index < -0.39 is 76.9 Å². The van der Waals surface area contributed by atoms with Gasteiger partial charge in [0.05, 0.1) is 43.2 Å². The number of allylic oxidation sites excluding steroid dienone is 2. The molecule has 1 aliphatic carbocycles. The number of hydrogen-bond acceptors (Lipinski definition) is 11. The van der Waals surface area contributed by atoms with Gasteiger partial charge in [-0.3, -0.25) is 4.79 Å². The Hall–Kier alpha value is -1.76. The standard InChI is InChI=1S/C50H82O11Si2/c1-17-30(2)44-33(5)23-24-49(59-44)28-38-26-37(58-49)22-21-32(4)43(57-41-27-40(53-11)42(51)35(7)55-41)31(3)19-18-20-36-29-54-46-45(60-63(15,16)48(8,9)10)34(6)25-39(47(52)56-38)50(36,46)61-62(12,13)14/h18-21,23-25,30-31,33,35,37-46,51H,17,22,26-29H2,1-16H3/b19-18+,32-21+,36-20+/t30-,31-,33-,35-,37+,38-,39-,40-,41-,42-,43-,44+,45+,46+,49+,50+/m0/s1. The van der Waals surface area contributed by atoms with Crippen molar-refractivity contribution in [2.75, 3.05) is 13.7 Å². The summed E-state index contributed by atoms with van der Waals surface area (Å²) in [5, 5.41) is 10.7. The zero-order valence-corrected chi connectivity index (χ0v) is 43.4. The van der Waals surface area contributed by atoms with Crippen molar-refractivity contribution < 1.29 is 51.9 Å². The number of fused-ring (bicyclic) bond motifs is 2. The molecule has 63 heavy (non-hydrogen) atoms. The first-order valence-electron chi connectivity index (χ1n) is 23.8. The van der Waals surface area contributed by atoms with Crippen LogP contribution in [0.3, 0.4) is 0 Å². The van der Waals surface area contributed by atoms with Crippen LogP contribution in [0.1, 0.15) is 101 Å². The highest BCUT2D eigenvalue weighted by atomic mass is 28.4. The Morgan fingerprint density at radius 1 is 0.968 bits per heavy atom. The molecule has 6 aliphatic rings. The fourth-order valence-corrected chi connectivity index (χ4v) is 12.9. The van der Waals surface area contributed by atoms with Crippen molar-refractivity contribution in [3.63, 3.8) is 0 Å². The SMILES string of the molecule is CC[C@H](C)[C@H]1O[C@]2(C=C[C@@H]1C)C[C@@H]1C[C@@H](C/C=C(\C)[C@@H](O[C@H]3C[C@H](OC)[C@@H](O)[C@H](C)O3)[C@@H](C)/C=C/C=C3\CO[C@@H]4[C@H](O[Si](C)(C)C(C)(C)C)C(C)=C[C@@H](C(=O)O1)[C@]34O[Si](C)(C)C)O2. The molecule has 5 heterocycles. The molecular weight excluding hydrogens is 833 g/mol. The maximum absolute atomic E-state index is 15.3. The zero-order chi connectivity index (χ0) is 46.4. The number of rotatable bonds is 9. The van der Waals surface area contributed by atoms with Gasteiger partial charge in [-0.2, -0.15) is 0 Å². The Balaban J connectivity index is 1.49. The van der Waals surface area contributed by atoms with Crippen LogP contribution in [-0.2, 0) is 46.8 Å². The largest absolute Gasteiger partial charge is 0.462 e. The van der Waals surface area contributed by atoms with Gasteiger partial charge in [0.1, 0.15) is 29.8 Å². The summed E-state index contributed by atoms with van der Waals surface area (Å²) in [7, 11) is -3.13. The smallest absolute Gasteiger partial charge is 0.316 e. The number of esters is 1. The summed E-state index contributed by atoms with van der Waals surface area (Å²) >= 11 is 0. The number of hydrogen-bond donors (Lipinski definition) is 1. The van der Waals surface area contributed by atoms with E-state index in [1.807, 2.05) is 6.92 Å². The van der Waals surface area contributed by atoms with Crippen molar-refractivity contribution in [1.29, 1.82) is 0 Å². The average molecular weight is 915 g/mol. The van der Waals surface area contributed by atoms with Crippen LogP contribution in [0.2, 0.25) is 37.8 Å². The highest BCUT2D eigenvalue weighted by molar-refractivity contribution is 6.74. The Morgan fingerprint density at radius 2 is 1.68 bits per heavy atom. The Labute approximate surface area is 381 Å². The van der Waals surface area contributed by atoms with Crippen molar-refractivity contribution in [1.82, 2.24) is 0 Å². The molecule has 3 fully saturated rings. The summed E-state index contributed by atoms with van der Waals surface area (Å²) in [6, 6.07) is 0. The van der Waals surface area contributed by atoms with Gasteiger partial charge in [0.2, 0.25) is 0 Å². The van der Waals surface area contributed by atoms with Crippen molar-refractivity contribution in [3.8, 4) is 0 Å². The fourth-order valence-electron chi connectivity index (χ4n) is 10.2. The molecule has 13 heteroatoms. The molecule has 16 atom stereocenters. The number of carbonyl (C=O) groups excluding carboxylic acids is 1. The van der Waals surface area contributed by atoms with E-state index in [0.717, 1.165) is 23.1 Å². The minimum atomic E-state index is -2.41. The molecule has 1 N–H and O–H groups in total. The molecule has 1 spiro atoms. The lowest BCUT2D eigenvalue weighted by atomic mass is 9.71. The molecule has 2 bridgehead atoms. The van der Waals surface area contributed by atoms with Crippen molar-refractivity contribution >= 4 is 22.6 Å². The molecule has 0 saturated carbocycles. The van der Waals surface area contributed by atoms with Crippen LogP contribution in [0.4, 0.5) is 0 Å². The molecular formula is C50H82O11Si2. The third-order valence-corrected chi connectivity index (χ3v) is 20.3. The minimum Gasteiger partial charge on any atom is -0.462 e. The van der Waals surface area contributed by atoms with Crippen LogP contribution in [0.25, 0.3) is 0 Å². The van der Waals surface area contributed by atoms with Crippen molar-refractivity contribution in [2.24, 2.45) is 23.7 Å². The normalized spacial score (nSPS) is 43.2. The highest BCUT2D eigenvalue weighted by Gasteiger charge is 2.64. The van der Waals surface area contributed by atoms with E-state index in [1.165, 1.54) is 0 Å². The molecule has 356 valence electrons. The van der Waals surface area contributed by atoms with Crippen LogP contribution in [0.5, 0.6) is 0 Å². The van der Waals surface area contributed by atoms with Crippen LogP contribution in [0, 0.1) is 23.7 Å². The van der Waals surface area contributed by atoms with Crippen molar-refractivity contribution in [2.45, 2.75) is 212 Å². The molecule has 6 rings (SSSR count). The number of ether oxygens (including phenoxy) is 7. The Morgan fingerprint density at radius 3 is 2.33 bits per heavy atom. The minimum absolute atomic E-state index is 0.0535. The van der Waals surface area contributed by atoms with E-state index in [9.17, 15) is 5.11 Å². The van der Waals surface area contributed by atoms with Gasteiger partial charge in [0.15, 0.2) is 28.7 Å². The lowest BCUT2D eigenvalue weighted by molar-refractivity contribution is -0.300. The van der Waals surface area contributed by atoms with Gasteiger partial charge in [-0.1, -0.05) is 91.3 Å². The molecule has 0 aromatic heterocycles. The average Bonchev–Trinajstić information content (AvgIpc) is 3.54. The lowest BCUT2D eigenvalue weighted by Gasteiger charge is -2.51. The van der Waals surface area contributed by atoms with Crippen LogP contribution in [0.15, 0.2) is 59.3 Å². The third-order valence-electron chi connectivity index (χ3n) is 14.9. The summed E-state index contributed by atoms with van der Waals surface area (Å²) < 4.78 is 61.3. The number of aliphatic hydroxyl groups excluding tert-OH is 1. The molecule has 5 aliphatic heterocycles. The van der Waals surface area contributed by atoms with E-state index in [4.69, 9.17) is 42.0 Å². The van der Waals surface area contributed by atoms with E-state index in [0.29, 0.717) is 31.6 Å². The van der Waals surface area contributed by atoms with Crippen LogP contribution >= 0.6 is 0 Å². The number of aliphatic hydroxyl groups is 1. The maximum atomic E-state index is 15.3. The monoisotopic (exact) mass is 915 g/mol. The third kappa shape index (κ3) is 10.8. The van der Waals surface area contributed by atoms with E-state index in [2.05, 4.69) is 138 Å². The van der Waals surface area contributed by atoms with Gasteiger partial charge < -0.3 is 47.1 Å². The summed E-state index contributed by atoms with van der Waals surface area (Å²) in [6.07, 6.45) is 13.1. The van der Waals surface area contributed by atoms with Gasteiger partial charge in [0.25, 0.3) is 0 Å². The first kappa shape index (κ1) is 50.7. The molecule has 0 aromatic carbocycles. The summed E-state index contributed by atoms with van der Waals surface area (Å²) in [4.78, 5) is 15.3. The highest BCUT2D eigenvalue weighted by Crippen LogP contribution is 2.52. The first-order valence-corrected chi connectivity index (χ1v) is 30.1. The van der Waals surface area contributed by atoms with E-state index >= 15 is 4.79 Å². The Kier molecular flexibility index (Phi) is 15.6. The summed E-state index contributed by atoms with van der Waals surface area (Å²) in [5.41, 5.74) is 1.69. The summed E-state index contributed by atoms with van der Waals surface area (Å²) in [5.74, 6) is -1.79. The fraction of sp³-hybridized carbons (Fsp3) is 0.780. The summed E-state index contributed by atoms with van der Waals surface area (Å²) in [6.45, 7) is 32.8. The first-order chi connectivity index (χ1) is 29.3. The zero-order valence-electron chi connectivity index (χ0n) is 41.4. The van der Waals surface area contributed by atoms with Gasteiger partial charge in [-0.25, -0.2) is 0 Å². The second-order valence-corrected chi connectivity index (χ2v) is 31.3. The second-order valence-electron chi connectivity index (χ2n) is 22.1. The Bertz CT molecular complexity index is 1780. The predicted octanol–water partition coefficient (Wildman–Crippen LogP) is 9.73. The van der Waals surface area contributed by atoms with Crippen molar-refractivity contribution in [3.05, 3.63) is 59.3 Å².